The predicted octanol–water partition coefficient (Wildman–Crippen LogP) is 2.56. The number of benzene rings is 1. The van der Waals surface area contributed by atoms with Crippen molar-refractivity contribution in [2.75, 3.05) is 39.3 Å². The Morgan fingerprint density at radius 2 is 1.86 bits per heavy atom. The molecule has 1 fully saturated rings. The third-order valence-electron chi connectivity index (χ3n) is 3.97. The zero-order valence-corrected chi connectivity index (χ0v) is 14.3. The summed E-state index contributed by atoms with van der Waals surface area (Å²) in [6.45, 7) is 13.1. The molecule has 0 aromatic heterocycles. The molecule has 0 saturated carbocycles. The van der Waals surface area contributed by atoms with Crippen molar-refractivity contribution in [3.63, 3.8) is 0 Å². The quantitative estimate of drug-likeness (QED) is 0.857. The van der Waals surface area contributed by atoms with E-state index in [1.54, 1.807) is 0 Å². The number of piperazine rings is 1. The van der Waals surface area contributed by atoms with Crippen molar-refractivity contribution in [1.29, 1.82) is 0 Å². The van der Waals surface area contributed by atoms with Crippen molar-refractivity contribution < 1.29 is 9.53 Å². The molecule has 22 heavy (non-hydrogen) atoms. The van der Waals surface area contributed by atoms with Gasteiger partial charge in [0.25, 0.3) is 0 Å². The summed E-state index contributed by atoms with van der Waals surface area (Å²) in [4.78, 5) is 16.6. The topological polar surface area (TPSA) is 32.8 Å². The molecule has 0 N–H and O–H groups in total. The Hall–Kier alpha value is -1.55. The molecule has 2 rings (SSSR count). The monoisotopic (exact) mass is 304 g/mol. The summed E-state index contributed by atoms with van der Waals surface area (Å²) in [6, 6.07) is 8.13. The van der Waals surface area contributed by atoms with E-state index in [1.165, 1.54) is 5.56 Å². The maximum Gasteiger partial charge on any atom is 0.228 e. The number of amides is 1. The van der Waals surface area contributed by atoms with Crippen molar-refractivity contribution in [2.45, 2.75) is 27.7 Å². The molecular formula is C18H28N2O2. The first-order chi connectivity index (χ1) is 10.4. The van der Waals surface area contributed by atoms with Crippen LogP contribution in [0, 0.1) is 12.3 Å². The Kier molecular flexibility index (Phi) is 5.46. The number of rotatable bonds is 4. The van der Waals surface area contributed by atoms with Crippen molar-refractivity contribution in [3.8, 4) is 5.75 Å². The van der Waals surface area contributed by atoms with Gasteiger partial charge in [-0.1, -0.05) is 32.9 Å². The van der Waals surface area contributed by atoms with Gasteiger partial charge in [-0.15, -0.1) is 0 Å². The second-order valence-corrected chi connectivity index (χ2v) is 7.05. The van der Waals surface area contributed by atoms with Gasteiger partial charge in [-0.3, -0.25) is 9.69 Å². The Morgan fingerprint density at radius 3 is 2.45 bits per heavy atom. The molecule has 1 aromatic rings. The summed E-state index contributed by atoms with van der Waals surface area (Å²) in [6.07, 6.45) is 0. The second-order valence-electron chi connectivity index (χ2n) is 7.05. The van der Waals surface area contributed by atoms with Gasteiger partial charge in [-0.2, -0.15) is 0 Å². The lowest BCUT2D eigenvalue weighted by molar-refractivity contribution is -0.141. The van der Waals surface area contributed by atoms with Crippen molar-refractivity contribution in [1.82, 2.24) is 9.80 Å². The van der Waals surface area contributed by atoms with Gasteiger partial charge in [0.15, 0.2) is 0 Å². The van der Waals surface area contributed by atoms with E-state index in [1.807, 2.05) is 37.8 Å². The SMILES string of the molecule is Cc1cccc(OCCN2CCN(C(=O)C(C)(C)C)CC2)c1. The average molecular weight is 304 g/mol. The van der Waals surface area contributed by atoms with E-state index in [-0.39, 0.29) is 11.3 Å². The molecule has 1 aliphatic heterocycles. The lowest BCUT2D eigenvalue weighted by Crippen LogP contribution is -2.52. The van der Waals surface area contributed by atoms with Crippen molar-refractivity contribution in [2.24, 2.45) is 5.41 Å². The summed E-state index contributed by atoms with van der Waals surface area (Å²) >= 11 is 0. The fourth-order valence-electron chi connectivity index (χ4n) is 2.65. The van der Waals surface area contributed by atoms with Crippen LogP contribution in [-0.2, 0) is 4.79 Å². The zero-order chi connectivity index (χ0) is 16.2. The van der Waals surface area contributed by atoms with Gasteiger partial charge in [-0.05, 0) is 24.6 Å². The number of hydrogen-bond donors (Lipinski definition) is 0. The largest absolute Gasteiger partial charge is 0.492 e. The van der Waals surface area contributed by atoms with Crippen LogP contribution in [0.25, 0.3) is 0 Å². The maximum absolute atomic E-state index is 12.2. The van der Waals surface area contributed by atoms with Crippen molar-refractivity contribution in [3.05, 3.63) is 29.8 Å². The van der Waals surface area contributed by atoms with Crippen LogP contribution in [0.4, 0.5) is 0 Å². The molecule has 122 valence electrons. The van der Waals surface area contributed by atoms with E-state index in [9.17, 15) is 4.79 Å². The van der Waals surface area contributed by atoms with Crippen LogP contribution in [0.15, 0.2) is 24.3 Å². The molecule has 4 nitrogen and oxygen atoms in total. The Morgan fingerprint density at radius 1 is 1.18 bits per heavy atom. The molecule has 0 atom stereocenters. The molecule has 1 amide bonds. The lowest BCUT2D eigenvalue weighted by Gasteiger charge is -2.37. The Bertz CT molecular complexity index is 500. The molecule has 1 aromatic carbocycles. The Labute approximate surface area is 134 Å². The maximum atomic E-state index is 12.2. The van der Waals surface area contributed by atoms with E-state index >= 15 is 0 Å². The minimum absolute atomic E-state index is 0.253. The molecule has 4 heteroatoms. The van der Waals surface area contributed by atoms with Crippen LogP contribution in [0.3, 0.4) is 0 Å². The highest BCUT2D eigenvalue weighted by Gasteiger charge is 2.29. The van der Waals surface area contributed by atoms with Crippen LogP contribution < -0.4 is 4.74 Å². The molecule has 0 unspecified atom stereocenters. The molecule has 0 aliphatic carbocycles. The third kappa shape index (κ3) is 4.73. The van der Waals surface area contributed by atoms with E-state index in [2.05, 4.69) is 24.0 Å². The number of ether oxygens (including phenoxy) is 1. The molecule has 0 radical (unpaired) electrons. The summed E-state index contributed by atoms with van der Waals surface area (Å²) < 4.78 is 5.80. The van der Waals surface area contributed by atoms with Gasteiger partial charge in [0, 0.05) is 38.1 Å². The first-order valence-corrected chi connectivity index (χ1v) is 8.07. The summed E-state index contributed by atoms with van der Waals surface area (Å²) in [5, 5.41) is 0. The third-order valence-corrected chi connectivity index (χ3v) is 3.97. The van der Waals surface area contributed by atoms with Crippen molar-refractivity contribution >= 4 is 5.91 Å². The van der Waals surface area contributed by atoms with Gasteiger partial charge in [-0.25, -0.2) is 0 Å². The van der Waals surface area contributed by atoms with Gasteiger partial charge >= 0.3 is 0 Å². The zero-order valence-electron chi connectivity index (χ0n) is 14.3. The summed E-state index contributed by atoms with van der Waals surface area (Å²) in [5.74, 6) is 1.18. The minimum Gasteiger partial charge on any atom is -0.492 e. The fourth-order valence-corrected chi connectivity index (χ4v) is 2.65. The number of nitrogens with zero attached hydrogens (tertiary/aromatic N) is 2. The first kappa shape index (κ1) is 16.8. The molecule has 0 bridgehead atoms. The van der Waals surface area contributed by atoms with Gasteiger partial charge in [0.2, 0.25) is 5.91 Å². The standard InChI is InChI=1S/C18H28N2O2/c1-15-6-5-7-16(14-15)22-13-12-19-8-10-20(11-9-19)17(21)18(2,3)4/h5-7,14H,8-13H2,1-4H3. The van der Waals surface area contributed by atoms with E-state index in [0.717, 1.165) is 38.5 Å². The summed E-state index contributed by atoms with van der Waals surface area (Å²) in [5.41, 5.74) is 0.933. The molecule has 1 saturated heterocycles. The van der Waals surface area contributed by atoms with E-state index in [4.69, 9.17) is 4.74 Å². The van der Waals surface area contributed by atoms with E-state index in [0.29, 0.717) is 6.61 Å². The predicted molar refractivity (Wildman–Crippen MR) is 89.1 cm³/mol. The highest BCUT2D eigenvalue weighted by Crippen LogP contribution is 2.18. The normalized spacial score (nSPS) is 16.6. The molecular weight excluding hydrogens is 276 g/mol. The second kappa shape index (κ2) is 7.14. The highest BCUT2D eigenvalue weighted by molar-refractivity contribution is 5.81. The average Bonchev–Trinajstić information content (AvgIpc) is 2.46. The first-order valence-electron chi connectivity index (χ1n) is 8.07. The van der Waals surface area contributed by atoms with Gasteiger partial charge in [0.05, 0.1) is 0 Å². The number of carbonyl (C=O) groups is 1. The lowest BCUT2D eigenvalue weighted by atomic mass is 9.94. The smallest absolute Gasteiger partial charge is 0.228 e. The molecule has 0 spiro atoms. The minimum atomic E-state index is -0.281. The fraction of sp³-hybridized carbons (Fsp3) is 0.611. The van der Waals surface area contributed by atoms with Crippen LogP contribution in [0.2, 0.25) is 0 Å². The van der Waals surface area contributed by atoms with Crippen LogP contribution in [0.1, 0.15) is 26.3 Å². The number of hydrogen-bond acceptors (Lipinski definition) is 3. The highest BCUT2D eigenvalue weighted by atomic mass is 16.5. The van der Waals surface area contributed by atoms with Crippen LogP contribution in [0.5, 0.6) is 5.75 Å². The molecule has 1 heterocycles. The van der Waals surface area contributed by atoms with Crippen LogP contribution >= 0.6 is 0 Å². The Balaban J connectivity index is 1.71. The van der Waals surface area contributed by atoms with E-state index < -0.39 is 0 Å². The number of carbonyl (C=O) groups excluding carboxylic acids is 1. The summed E-state index contributed by atoms with van der Waals surface area (Å²) in [7, 11) is 0. The van der Waals surface area contributed by atoms with Gasteiger partial charge < -0.3 is 9.64 Å². The molecule has 1 aliphatic rings. The number of aryl methyl sites for hydroxylation is 1. The van der Waals surface area contributed by atoms with Gasteiger partial charge in [0.1, 0.15) is 12.4 Å². The van der Waals surface area contributed by atoms with Crippen LogP contribution in [-0.4, -0.2) is 55.0 Å².